The molecule has 0 spiro atoms. The normalized spacial score (nSPS) is 20.6. The highest BCUT2D eigenvalue weighted by Crippen LogP contribution is 2.43. The lowest BCUT2D eigenvalue weighted by Crippen LogP contribution is -2.55. The van der Waals surface area contributed by atoms with Crippen LogP contribution in [0.5, 0.6) is 0 Å². The largest absolute Gasteiger partial charge is 0.481 e. The molecule has 12 nitrogen and oxygen atoms in total. The summed E-state index contributed by atoms with van der Waals surface area (Å²) in [4.78, 5) is 89.5. The highest BCUT2D eigenvalue weighted by atomic mass is 16.5. The van der Waals surface area contributed by atoms with E-state index >= 15 is 0 Å². The molecule has 0 radical (unpaired) electrons. The maximum absolute atomic E-state index is 14.3. The highest BCUT2D eigenvalue weighted by Gasteiger charge is 2.49. The number of nitrogens with one attached hydrogen (secondary N) is 1. The van der Waals surface area contributed by atoms with Gasteiger partial charge in [0.05, 0.1) is 18.7 Å². The number of Topliss-reactive ketones (excluding diaryl/α,β-unsaturated/α-hetero) is 3. The summed E-state index contributed by atoms with van der Waals surface area (Å²) in [6, 6.07) is 8.13. The van der Waals surface area contributed by atoms with Gasteiger partial charge in [-0.15, -0.1) is 0 Å². The molecule has 1 unspecified atom stereocenters. The van der Waals surface area contributed by atoms with Crippen LogP contribution in [0.15, 0.2) is 48.9 Å². The predicted molar refractivity (Wildman–Crippen MR) is 193 cm³/mol. The third kappa shape index (κ3) is 10.4. The van der Waals surface area contributed by atoms with Gasteiger partial charge in [0.1, 0.15) is 18.0 Å². The Morgan fingerprint density at radius 3 is 2.31 bits per heavy atom. The van der Waals surface area contributed by atoms with Crippen LogP contribution in [0.1, 0.15) is 95.6 Å². The van der Waals surface area contributed by atoms with Gasteiger partial charge in [-0.2, -0.15) is 0 Å². The molecule has 7 atom stereocenters. The molecule has 4 rings (SSSR count). The fourth-order valence-corrected chi connectivity index (χ4v) is 7.57. The molecular weight excluding hydrogens is 664 g/mol. The quantitative estimate of drug-likeness (QED) is 0.141. The van der Waals surface area contributed by atoms with Gasteiger partial charge in [0.15, 0.2) is 11.6 Å². The number of nitrogens with zero attached hydrogens (tertiary/aromatic N) is 3. The van der Waals surface area contributed by atoms with Crippen molar-refractivity contribution in [3.63, 3.8) is 0 Å². The Morgan fingerprint density at radius 2 is 1.69 bits per heavy atom. The van der Waals surface area contributed by atoms with Gasteiger partial charge in [0.2, 0.25) is 17.6 Å². The fourth-order valence-electron chi connectivity index (χ4n) is 7.57. The standard InChI is InChI=1S/C40H54N4O8/c1-6-11-28(36(47)34(46)19-29(40(50)51)18-26-12-8-7-9-13-26)23-52-39-30-15-10-14-27(30)22-44(39)38(49)35(25(4)5)43-37(48)31(24(2)3)20-33(45)32-21-41-16-17-42-32/h7-9,12-13,16-17,21,24-25,27-31,35,39H,6,10-11,14-15,18-20,22-23H2,1-5H3,(H,43,48)(H,50,51)/t27-,28?,29-,30-,31+,35-,39+/m0/s1. The maximum atomic E-state index is 14.3. The first-order chi connectivity index (χ1) is 24.8. The Labute approximate surface area is 306 Å². The van der Waals surface area contributed by atoms with Gasteiger partial charge in [-0.1, -0.05) is 77.8 Å². The molecule has 12 heteroatoms. The molecule has 2 N–H and O–H groups in total. The third-order valence-electron chi connectivity index (χ3n) is 10.6. The van der Waals surface area contributed by atoms with Crippen LogP contribution in [-0.4, -0.2) is 80.5 Å². The number of carboxylic acids is 1. The van der Waals surface area contributed by atoms with Crippen LogP contribution < -0.4 is 5.32 Å². The van der Waals surface area contributed by atoms with Crippen LogP contribution in [0, 0.1) is 41.4 Å². The number of likely N-dealkylation sites (tertiary alicyclic amines) is 1. The molecule has 2 heterocycles. The van der Waals surface area contributed by atoms with E-state index in [9.17, 15) is 33.9 Å². The minimum Gasteiger partial charge on any atom is -0.481 e. The molecule has 2 aromatic rings. The molecule has 2 aliphatic rings. The van der Waals surface area contributed by atoms with Crippen molar-refractivity contribution in [2.45, 2.75) is 98.3 Å². The summed E-state index contributed by atoms with van der Waals surface area (Å²) in [5.74, 6) is -6.21. The number of hydrogen-bond donors (Lipinski definition) is 2. The average molecular weight is 719 g/mol. The molecular formula is C40H54N4O8. The van der Waals surface area contributed by atoms with Crippen LogP contribution in [0.4, 0.5) is 0 Å². The topological polar surface area (TPSA) is 173 Å². The smallest absolute Gasteiger partial charge is 0.307 e. The van der Waals surface area contributed by atoms with Crippen molar-refractivity contribution in [2.24, 2.45) is 41.4 Å². The number of fused-ring (bicyclic) bond motifs is 1. The van der Waals surface area contributed by atoms with Crippen molar-refractivity contribution in [3.8, 4) is 0 Å². The van der Waals surface area contributed by atoms with E-state index in [1.54, 1.807) is 29.2 Å². The van der Waals surface area contributed by atoms with Crippen LogP contribution >= 0.6 is 0 Å². The molecule has 1 aliphatic carbocycles. The molecule has 52 heavy (non-hydrogen) atoms. The number of carbonyl (C=O) groups excluding carboxylic acids is 5. The number of carboxylic acid groups (broad SMARTS) is 1. The lowest BCUT2D eigenvalue weighted by Gasteiger charge is -2.34. The van der Waals surface area contributed by atoms with E-state index < -0.39 is 59.9 Å². The number of rotatable bonds is 20. The van der Waals surface area contributed by atoms with Gasteiger partial charge < -0.3 is 20.1 Å². The SMILES string of the molecule is CCCC(CO[C@@H]1[C@H]2CCC[C@H]2CN1C(=O)[C@@H](NC(=O)[C@H](CC(=O)c1cnccn1)C(C)C)C(C)C)C(=O)C(=O)C[C@H](Cc1ccccc1)C(=O)O. The third-order valence-corrected chi connectivity index (χ3v) is 10.6. The van der Waals surface area contributed by atoms with Crippen molar-refractivity contribution in [2.75, 3.05) is 13.2 Å². The van der Waals surface area contributed by atoms with Crippen molar-refractivity contribution in [3.05, 3.63) is 60.2 Å². The number of aromatic nitrogens is 2. The average Bonchev–Trinajstić information content (AvgIpc) is 3.73. The molecule has 2 fully saturated rings. The Hall–Kier alpha value is -4.32. The molecule has 2 amide bonds. The maximum Gasteiger partial charge on any atom is 0.307 e. The van der Waals surface area contributed by atoms with Crippen molar-refractivity contribution in [1.29, 1.82) is 0 Å². The van der Waals surface area contributed by atoms with Gasteiger partial charge in [-0.3, -0.25) is 33.8 Å². The number of aliphatic carboxylic acids is 1. The molecule has 1 saturated carbocycles. The van der Waals surface area contributed by atoms with Crippen LogP contribution in [-0.2, 0) is 35.1 Å². The second-order valence-corrected chi connectivity index (χ2v) is 15.1. The van der Waals surface area contributed by atoms with Gasteiger partial charge in [-0.05, 0) is 49.0 Å². The van der Waals surface area contributed by atoms with Crippen molar-refractivity contribution >= 4 is 35.1 Å². The number of ether oxygens (including phenoxy) is 1. The lowest BCUT2D eigenvalue weighted by atomic mass is 9.88. The van der Waals surface area contributed by atoms with Gasteiger partial charge >= 0.3 is 5.97 Å². The fraction of sp³-hybridized carbons (Fsp3) is 0.600. The van der Waals surface area contributed by atoms with E-state index in [0.29, 0.717) is 19.4 Å². The van der Waals surface area contributed by atoms with Crippen LogP contribution in [0.2, 0.25) is 0 Å². The zero-order valence-electron chi connectivity index (χ0n) is 31.0. The highest BCUT2D eigenvalue weighted by molar-refractivity contribution is 6.38. The Bertz CT molecular complexity index is 1550. The number of amides is 2. The molecule has 0 bridgehead atoms. The predicted octanol–water partition coefficient (Wildman–Crippen LogP) is 4.95. The second-order valence-electron chi connectivity index (χ2n) is 15.1. The first-order valence-electron chi connectivity index (χ1n) is 18.7. The van der Waals surface area contributed by atoms with E-state index in [1.807, 2.05) is 40.7 Å². The minimum absolute atomic E-state index is 0.0517. The first-order valence-corrected chi connectivity index (χ1v) is 18.7. The van der Waals surface area contributed by atoms with E-state index in [2.05, 4.69) is 15.3 Å². The Morgan fingerprint density at radius 1 is 0.962 bits per heavy atom. The molecule has 1 aromatic carbocycles. The Kier molecular flexibility index (Phi) is 14.7. The monoisotopic (exact) mass is 718 g/mol. The van der Waals surface area contributed by atoms with E-state index in [1.165, 1.54) is 18.6 Å². The summed E-state index contributed by atoms with van der Waals surface area (Å²) in [5.41, 5.74) is 0.948. The molecule has 282 valence electrons. The van der Waals surface area contributed by atoms with E-state index in [4.69, 9.17) is 4.74 Å². The molecule has 1 aliphatic heterocycles. The van der Waals surface area contributed by atoms with Gasteiger partial charge in [0.25, 0.3) is 0 Å². The van der Waals surface area contributed by atoms with E-state index in [0.717, 1.165) is 24.8 Å². The summed E-state index contributed by atoms with van der Waals surface area (Å²) in [6.07, 6.45) is 7.05. The Balaban J connectivity index is 1.45. The van der Waals surface area contributed by atoms with Crippen LogP contribution in [0.3, 0.4) is 0 Å². The van der Waals surface area contributed by atoms with Gasteiger partial charge in [0, 0.05) is 49.5 Å². The second kappa shape index (κ2) is 19.0. The summed E-state index contributed by atoms with van der Waals surface area (Å²) < 4.78 is 6.45. The zero-order valence-corrected chi connectivity index (χ0v) is 31.0. The van der Waals surface area contributed by atoms with E-state index in [-0.39, 0.29) is 60.5 Å². The van der Waals surface area contributed by atoms with Crippen molar-refractivity contribution < 1.29 is 38.6 Å². The number of benzene rings is 1. The summed E-state index contributed by atoms with van der Waals surface area (Å²) in [6.45, 7) is 9.70. The van der Waals surface area contributed by atoms with Crippen LogP contribution in [0.25, 0.3) is 0 Å². The molecule has 1 saturated heterocycles. The summed E-state index contributed by atoms with van der Waals surface area (Å²) >= 11 is 0. The minimum atomic E-state index is -1.13. The number of carbonyl (C=O) groups is 6. The summed E-state index contributed by atoms with van der Waals surface area (Å²) in [7, 11) is 0. The first kappa shape index (κ1) is 40.5. The summed E-state index contributed by atoms with van der Waals surface area (Å²) in [5, 5.41) is 12.8. The molecule has 1 aromatic heterocycles. The number of ketones is 3. The lowest BCUT2D eigenvalue weighted by molar-refractivity contribution is -0.154. The van der Waals surface area contributed by atoms with Gasteiger partial charge in [-0.25, -0.2) is 4.98 Å². The number of hydrogen-bond acceptors (Lipinski definition) is 9. The van der Waals surface area contributed by atoms with Crippen molar-refractivity contribution in [1.82, 2.24) is 20.2 Å². The zero-order chi connectivity index (χ0) is 37.9.